The van der Waals surface area contributed by atoms with E-state index in [1.54, 1.807) is 0 Å². The Morgan fingerprint density at radius 2 is 1.75 bits per heavy atom. The highest BCUT2D eigenvalue weighted by Gasteiger charge is 2.29. The molecule has 0 heterocycles. The van der Waals surface area contributed by atoms with Gasteiger partial charge in [-0.05, 0) is 24.2 Å². The maximum atomic E-state index is 12.1. The van der Waals surface area contributed by atoms with E-state index in [1.165, 1.54) is 12.8 Å². The minimum atomic E-state index is -0.000602. The summed E-state index contributed by atoms with van der Waals surface area (Å²) in [5, 5.41) is 0. The van der Waals surface area contributed by atoms with E-state index >= 15 is 0 Å². The van der Waals surface area contributed by atoms with Gasteiger partial charge in [-0.3, -0.25) is 4.79 Å². The summed E-state index contributed by atoms with van der Waals surface area (Å²) in [7, 11) is 0. The molecule has 0 aromatic carbocycles. The minimum absolute atomic E-state index is 0.000602. The van der Waals surface area contributed by atoms with E-state index in [0.29, 0.717) is 18.1 Å². The normalized spacial score (nSPS) is 28.8. The van der Waals surface area contributed by atoms with Crippen molar-refractivity contribution in [2.24, 2.45) is 23.0 Å². The second kappa shape index (κ2) is 5.31. The summed E-state index contributed by atoms with van der Waals surface area (Å²) in [5.74, 6) is 1.50. The van der Waals surface area contributed by atoms with Crippen LogP contribution >= 0.6 is 0 Å². The molecule has 0 radical (unpaired) electrons. The largest absolute Gasteiger partial charge is 0.327 e. The van der Waals surface area contributed by atoms with E-state index < -0.39 is 0 Å². The molecule has 94 valence electrons. The fraction of sp³-hybridized carbons (Fsp3) is 0.929. The predicted octanol–water partition coefficient (Wildman–Crippen LogP) is 3.15. The van der Waals surface area contributed by atoms with E-state index in [0.717, 1.165) is 18.8 Å². The fourth-order valence-corrected chi connectivity index (χ4v) is 2.27. The van der Waals surface area contributed by atoms with Crippen molar-refractivity contribution in [2.45, 2.75) is 65.8 Å². The van der Waals surface area contributed by atoms with Crippen LogP contribution in [0, 0.1) is 17.3 Å². The Bertz CT molecular complexity index is 234. The molecule has 1 fully saturated rings. The van der Waals surface area contributed by atoms with Crippen LogP contribution in [0.2, 0.25) is 0 Å². The number of nitrogens with two attached hydrogens (primary N) is 1. The molecule has 0 spiro atoms. The molecule has 2 N–H and O–H groups in total. The maximum absolute atomic E-state index is 12.1. The van der Waals surface area contributed by atoms with E-state index in [4.69, 9.17) is 5.73 Å². The molecule has 16 heavy (non-hydrogen) atoms. The van der Waals surface area contributed by atoms with Crippen molar-refractivity contribution in [3.8, 4) is 0 Å². The summed E-state index contributed by atoms with van der Waals surface area (Å²) in [4.78, 5) is 12.1. The Morgan fingerprint density at radius 1 is 1.25 bits per heavy atom. The highest BCUT2D eigenvalue weighted by Crippen LogP contribution is 2.31. The fourth-order valence-electron chi connectivity index (χ4n) is 2.27. The summed E-state index contributed by atoms with van der Waals surface area (Å²) in [6.07, 6.45) is 5.14. The number of Topliss-reactive ketones (excluding diaryl/α,β-unsaturated/α-hetero) is 1. The monoisotopic (exact) mass is 225 g/mol. The smallest absolute Gasteiger partial charge is 0.137 e. The molecule has 0 aromatic heterocycles. The second-order valence-electron chi connectivity index (χ2n) is 6.60. The summed E-state index contributed by atoms with van der Waals surface area (Å²) in [6, 6.07) is -0.000602. The van der Waals surface area contributed by atoms with E-state index in [-0.39, 0.29) is 11.5 Å². The van der Waals surface area contributed by atoms with Crippen LogP contribution in [-0.2, 0) is 4.79 Å². The topological polar surface area (TPSA) is 43.1 Å². The van der Waals surface area contributed by atoms with Crippen molar-refractivity contribution in [3.05, 3.63) is 0 Å². The Hall–Kier alpha value is -0.370. The van der Waals surface area contributed by atoms with Crippen LogP contribution in [0.1, 0.15) is 59.8 Å². The number of carbonyl (C=O) groups is 1. The third kappa shape index (κ3) is 3.89. The zero-order chi connectivity index (χ0) is 12.3. The summed E-state index contributed by atoms with van der Waals surface area (Å²) >= 11 is 0. The zero-order valence-electron chi connectivity index (χ0n) is 11.3. The van der Waals surface area contributed by atoms with Gasteiger partial charge in [-0.25, -0.2) is 0 Å². The van der Waals surface area contributed by atoms with Gasteiger partial charge in [-0.15, -0.1) is 0 Å². The quantitative estimate of drug-likeness (QED) is 0.802. The van der Waals surface area contributed by atoms with Gasteiger partial charge in [0, 0.05) is 18.4 Å². The van der Waals surface area contributed by atoms with E-state index in [1.807, 2.05) is 0 Å². The molecule has 1 aliphatic carbocycles. The third-order valence-corrected chi connectivity index (χ3v) is 4.00. The number of hydrogen-bond acceptors (Lipinski definition) is 2. The lowest BCUT2D eigenvalue weighted by Gasteiger charge is -2.30. The number of hydrogen-bond donors (Lipinski definition) is 1. The van der Waals surface area contributed by atoms with Crippen LogP contribution < -0.4 is 5.73 Å². The van der Waals surface area contributed by atoms with Gasteiger partial charge in [0.1, 0.15) is 5.78 Å². The standard InChI is InChI=1S/C14H27NO/c1-10-5-7-11(8-6-10)12(16)9-13(15)14(2,3)4/h10-11,13H,5-9,15H2,1-4H3. The molecule has 0 bridgehead atoms. The Kier molecular flexibility index (Phi) is 4.54. The average Bonchev–Trinajstić information content (AvgIpc) is 2.17. The molecule has 2 nitrogen and oxygen atoms in total. The summed E-state index contributed by atoms with van der Waals surface area (Å²) in [5.41, 5.74) is 6.10. The zero-order valence-corrected chi connectivity index (χ0v) is 11.3. The first-order chi connectivity index (χ1) is 7.30. The molecule has 2 heteroatoms. The number of ketones is 1. The molecule has 0 saturated heterocycles. The second-order valence-corrected chi connectivity index (χ2v) is 6.60. The van der Waals surface area contributed by atoms with Crippen molar-refractivity contribution >= 4 is 5.78 Å². The lowest BCUT2D eigenvalue weighted by molar-refractivity contribution is -0.124. The first-order valence-corrected chi connectivity index (χ1v) is 6.59. The van der Waals surface area contributed by atoms with Crippen LogP contribution in [0.3, 0.4) is 0 Å². The SMILES string of the molecule is CC1CCC(C(=O)CC(N)C(C)(C)C)CC1. The summed E-state index contributed by atoms with van der Waals surface area (Å²) < 4.78 is 0. The Labute approximate surface area is 100.0 Å². The molecule has 1 saturated carbocycles. The van der Waals surface area contributed by atoms with Gasteiger partial charge in [-0.1, -0.05) is 40.5 Å². The van der Waals surface area contributed by atoms with Crippen molar-refractivity contribution < 1.29 is 4.79 Å². The van der Waals surface area contributed by atoms with Crippen molar-refractivity contribution in [1.82, 2.24) is 0 Å². The first-order valence-electron chi connectivity index (χ1n) is 6.59. The Balaban J connectivity index is 2.41. The van der Waals surface area contributed by atoms with Gasteiger partial charge in [0.15, 0.2) is 0 Å². The first kappa shape index (κ1) is 13.7. The van der Waals surface area contributed by atoms with Crippen molar-refractivity contribution in [3.63, 3.8) is 0 Å². The van der Waals surface area contributed by atoms with Crippen LogP contribution in [0.25, 0.3) is 0 Å². The molecule has 1 unspecified atom stereocenters. The maximum Gasteiger partial charge on any atom is 0.137 e. The minimum Gasteiger partial charge on any atom is -0.327 e. The molecule has 0 amide bonds. The molecule has 1 atom stereocenters. The van der Waals surface area contributed by atoms with Crippen molar-refractivity contribution in [1.29, 1.82) is 0 Å². The van der Waals surface area contributed by atoms with Crippen molar-refractivity contribution in [2.75, 3.05) is 0 Å². The van der Waals surface area contributed by atoms with Crippen LogP contribution in [-0.4, -0.2) is 11.8 Å². The van der Waals surface area contributed by atoms with E-state index in [9.17, 15) is 4.79 Å². The molecule has 1 rings (SSSR count). The van der Waals surface area contributed by atoms with Crippen LogP contribution in [0.15, 0.2) is 0 Å². The molecule has 1 aliphatic rings. The van der Waals surface area contributed by atoms with Gasteiger partial charge >= 0.3 is 0 Å². The van der Waals surface area contributed by atoms with Gasteiger partial charge in [-0.2, -0.15) is 0 Å². The highest BCUT2D eigenvalue weighted by molar-refractivity contribution is 5.81. The van der Waals surface area contributed by atoms with Gasteiger partial charge in [0.2, 0.25) is 0 Å². The molecule has 0 aromatic rings. The van der Waals surface area contributed by atoms with Crippen LogP contribution in [0.5, 0.6) is 0 Å². The number of rotatable bonds is 3. The molecule has 0 aliphatic heterocycles. The molecular formula is C14H27NO. The van der Waals surface area contributed by atoms with Gasteiger partial charge in [0.05, 0.1) is 0 Å². The number of carbonyl (C=O) groups excluding carboxylic acids is 1. The summed E-state index contributed by atoms with van der Waals surface area (Å²) in [6.45, 7) is 8.59. The molecular weight excluding hydrogens is 198 g/mol. The van der Waals surface area contributed by atoms with Gasteiger partial charge in [0.25, 0.3) is 0 Å². The lowest BCUT2D eigenvalue weighted by Crippen LogP contribution is -2.38. The highest BCUT2D eigenvalue weighted by atomic mass is 16.1. The Morgan fingerprint density at radius 3 is 2.19 bits per heavy atom. The predicted molar refractivity (Wildman–Crippen MR) is 68.2 cm³/mol. The third-order valence-electron chi connectivity index (χ3n) is 4.00. The van der Waals surface area contributed by atoms with Crippen LogP contribution in [0.4, 0.5) is 0 Å². The van der Waals surface area contributed by atoms with Gasteiger partial charge < -0.3 is 5.73 Å². The average molecular weight is 225 g/mol. The van der Waals surface area contributed by atoms with E-state index in [2.05, 4.69) is 27.7 Å². The lowest BCUT2D eigenvalue weighted by atomic mass is 9.77.